The highest BCUT2D eigenvalue weighted by Gasteiger charge is 2.33. The van der Waals surface area contributed by atoms with Gasteiger partial charge in [0.1, 0.15) is 0 Å². The van der Waals surface area contributed by atoms with Crippen molar-refractivity contribution in [1.29, 1.82) is 0 Å². The van der Waals surface area contributed by atoms with E-state index in [9.17, 15) is 0 Å². The Kier molecular flexibility index (Phi) is 4.45. The predicted octanol–water partition coefficient (Wildman–Crippen LogP) is 1.73. The van der Waals surface area contributed by atoms with Gasteiger partial charge >= 0.3 is 0 Å². The van der Waals surface area contributed by atoms with Gasteiger partial charge in [-0.05, 0) is 31.3 Å². The molecule has 100 valence electrons. The number of rotatable bonds is 4. The third-order valence-electron chi connectivity index (χ3n) is 4.19. The molecule has 17 heavy (non-hydrogen) atoms. The number of nitrogens with one attached hydrogen (secondary N) is 1. The van der Waals surface area contributed by atoms with Crippen LogP contribution in [0.25, 0.3) is 0 Å². The van der Waals surface area contributed by atoms with Crippen molar-refractivity contribution < 1.29 is 4.74 Å². The molecular weight excluding hydrogens is 212 g/mol. The van der Waals surface area contributed by atoms with Gasteiger partial charge in [-0.15, -0.1) is 0 Å². The molecule has 3 heteroatoms. The lowest BCUT2D eigenvalue weighted by Gasteiger charge is -2.35. The molecule has 1 N–H and O–H groups in total. The van der Waals surface area contributed by atoms with Crippen molar-refractivity contribution in [2.45, 2.75) is 39.7 Å². The standard InChI is InChI=1S/C14H28N2O/c1-4-15-13-5-8-17-10-12(13)9-16-7-6-14(2,3)11-16/h12-13,15H,4-11H2,1-3H3. The summed E-state index contributed by atoms with van der Waals surface area (Å²) in [5.41, 5.74) is 0.517. The second-order valence-corrected chi connectivity index (χ2v) is 6.44. The highest BCUT2D eigenvalue weighted by atomic mass is 16.5. The van der Waals surface area contributed by atoms with Crippen molar-refractivity contribution in [1.82, 2.24) is 10.2 Å². The van der Waals surface area contributed by atoms with E-state index in [1.54, 1.807) is 0 Å². The maximum atomic E-state index is 5.65. The van der Waals surface area contributed by atoms with Gasteiger partial charge in [0.05, 0.1) is 6.61 Å². The largest absolute Gasteiger partial charge is 0.381 e. The second kappa shape index (κ2) is 5.68. The molecule has 2 aliphatic rings. The van der Waals surface area contributed by atoms with E-state index in [2.05, 4.69) is 31.0 Å². The van der Waals surface area contributed by atoms with E-state index in [-0.39, 0.29) is 0 Å². The van der Waals surface area contributed by atoms with Crippen molar-refractivity contribution in [3.05, 3.63) is 0 Å². The van der Waals surface area contributed by atoms with Gasteiger partial charge in [0.25, 0.3) is 0 Å². The lowest BCUT2D eigenvalue weighted by Crippen LogP contribution is -2.47. The fourth-order valence-corrected chi connectivity index (χ4v) is 3.22. The van der Waals surface area contributed by atoms with Crippen LogP contribution in [0.15, 0.2) is 0 Å². The van der Waals surface area contributed by atoms with E-state index in [1.807, 2.05) is 0 Å². The normalized spacial score (nSPS) is 34.1. The van der Waals surface area contributed by atoms with Crippen LogP contribution in [0.2, 0.25) is 0 Å². The summed E-state index contributed by atoms with van der Waals surface area (Å²) in [6.07, 6.45) is 2.52. The fraction of sp³-hybridized carbons (Fsp3) is 1.00. The maximum absolute atomic E-state index is 5.65. The van der Waals surface area contributed by atoms with Crippen molar-refractivity contribution in [3.63, 3.8) is 0 Å². The minimum atomic E-state index is 0.517. The Morgan fingerprint density at radius 3 is 2.88 bits per heavy atom. The third kappa shape index (κ3) is 3.67. The second-order valence-electron chi connectivity index (χ2n) is 6.44. The van der Waals surface area contributed by atoms with E-state index < -0.39 is 0 Å². The van der Waals surface area contributed by atoms with Crippen LogP contribution in [0.5, 0.6) is 0 Å². The first-order valence-corrected chi connectivity index (χ1v) is 7.14. The van der Waals surface area contributed by atoms with Crippen LogP contribution in [-0.2, 0) is 4.74 Å². The predicted molar refractivity (Wildman–Crippen MR) is 71.2 cm³/mol. The molecule has 2 unspecified atom stereocenters. The first-order chi connectivity index (χ1) is 8.11. The average molecular weight is 240 g/mol. The quantitative estimate of drug-likeness (QED) is 0.810. The molecule has 0 amide bonds. The van der Waals surface area contributed by atoms with Gasteiger partial charge in [-0.3, -0.25) is 0 Å². The van der Waals surface area contributed by atoms with Gasteiger partial charge in [-0.25, -0.2) is 0 Å². The summed E-state index contributed by atoms with van der Waals surface area (Å²) >= 11 is 0. The molecule has 0 spiro atoms. The highest BCUT2D eigenvalue weighted by molar-refractivity contribution is 4.87. The lowest BCUT2D eigenvalue weighted by molar-refractivity contribution is 0.0189. The summed E-state index contributed by atoms with van der Waals surface area (Å²) in [7, 11) is 0. The van der Waals surface area contributed by atoms with Crippen LogP contribution in [0.3, 0.4) is 0 Å². The van der Waals surface area contributed by atoms with Gasteiger partial charge in [-0.1, -0.05) is 20.8 Å². The van der Waals surface area contributed by atoms with Crippen LogP contribution < -0.4 is 5.32 Å². The Labute approximate surface area is 106 Å². The summed E-state index contributed by atoms with van der Waals surface area (Å²) < 4.78 is 5.65. The first kappa shape index (κ1) is 13.3. The molecule has 3 nitrogen and oxygen atoms in total. The Morgan fingerprint density at radius 2 is 2.24 bits per heavy atom. The zero-order chi connectivity index (χ0) is 12.3. The average Bonchev–Trinajstić information content (AvgIpc) is 2.61. The molecule has 2 atom stereocenters. The number of ether oxygens (including phenoxy) is 1. The van der Waals surface area contributed by atoms with Crippen LogP contribution in [0, 0.1) is 11.3 Å². The fourth-order valence-electron chi connectivity index (χ4n) is 3.22. The van der Waals surface area contributed by atoms with Crippen LogP contribution >= 0.6 is 0 Å². The zero-order valence-electron chi connectivity index (χ0n) is 11.7. The van der Waals surface area contributed by atoms with Crippen molar-refractivity contribution in [2.75, 3.05) is 39.4 Å². The van der Waals surface area contributed by atoms with Crippen LogP contribution in [0.1, 0.15) is 33.6 Å². The van der Waals surface area contributed by atoms with E-state index in [0.717, 1.165) is 19.8 Å². The molecule has 0 aromatic heterocycles. The zero-order valence-corrected chi connectivity index (χ0v) is 11.7. The molecule has 0 bridgehead atoms. The Morgan fingerprint density at radius 1 is 1.41 bits per heavy atom. The number of likely N-dealkylation sites (tertiary alicyclic amines) is 1. The van der Waals surface area contributed by atoms with Gasteiger partial charge in [-0.2, -0.15) is 0 Å². The maximum Gasteiger partial charge on any atom is 0.0521 e. The first-order valence-electron chi connectivity index (χ1n) is 7.14. The van der Waals surface area contributed by atoms with Crippen LogP contribution in [0.4, 0.5) is 0 Å². The van der Waals surface area contributed by atoms with E-state index in [1.165, 1.54) is 32.5 Å². The highest BCUT2D eigenvalue weighted by Crippen LogP contribution is 2.30. The van der Waals surface area contributed by atoms with E-state index in [0.29, 0.717) is 17.4 Å². The van der Waals surface area contributed by atoms with Crippen molar-refractivity contribution in [3.8, 4) is 0 Å². The number of hydrogen-bond acceptors (Lipinski definition) is 3. The Balaban J connectivity index is 1.84. The van der Waals surface area contributed by atoms with Gasteiger partial charge in [0.15, 0.2) is 0 Å². The SMILES string of the molecule is CCNC1CCOCC1CN1CCC(C)(C)C1. The summed E-state index contributed by atoms with van der Waals surface area (Å²) in [5, 5.41) is 3.62. The van der Waals surface area contributed by atoms with Crippen molar-refractivity contribution >= 4 is 0 Å². The monoisotopic (exact) mass is 240 g/mol. The van der Waals surface area contributed by atoms with E-state index >= 15 is 0 Å². The lowest BCUT2D eigenvalue weighted by atomic mass is 9.93. The summed E-state index contributed by atoms with van der Waals surface area (Å²) in [6, 6.07) is 0.664. The van der Waals surface area contributed by atoms with Crippen molar-refractivity contribution in [2.24, 2.45) is 11.3 Å². The minimum absolute atomic E-state index is 0.517. The molecule has 0 aromatic carbocycles. The number of nitrogens with zero attached hydrogens (tertiary/aromatic N) is 1. The molecule has 2 aliphatic heterocycles. The summed E-state index contributed by atoms with van der Waals surface area (Å²) in [4.78, 5) is 2.63. The molecule has 2 heterocycles. The molecule has 0 radical (unpaired) electrons. The molecule has 0 saturated carbocycles. The molecular formula is C14H28N2O. The minimum Gasteiger partial charge on any atom is -0.381 e. The van der Waals surface area contributed by atoms with Gasteiger partial charge < -0.3 is 15.0 Å². The number of hydrogen-bond donors (Lipinski definition) is 1. The third-order valence-corrected chi connectivity index (χ3v) is 4.19. The summed E-state index contributed by atoms with van der Waals surface area (Å²) in [6.45, 7) is 13.6. The molecule has 0 aliphatic carbocycles. The summed E-state index contributed by atoms with van der Waals surface area (Å²) in [5.74, 6) is 0.678. The molecule has 2 rings (SSSR count). The Hall–Kier alpha value is -0.120. The smallest absolute Gasteiger partial charge is 0.0521 e. The van der Waals surface area contributed by atoms with E-state index in [4.69, 9.17) is 4.74 Å². The molecule has 2 saturated heterocycles. The van der Waals surface area contributed by atoms with Gasteiger partial charge in [0.2, 0.25) is 0 Å². The van der Waals surface area contributed by atoms with Crippen LogP contribution in [-0.4, -0.2) is 50.3 Å². The molecule has 2 fully saturated rings. The molecule has 0 aromatic rings. The van der Waals surface area contributed by atoms with Gasteiger partial charge in [0, 0.05) is 31.7 Å². The topological polar surface area (TPSA) is 24.5 Å². The Bertz CT molecular complexity index is 240.